The molecule has 0 aliphatic carbocycles. The van der Waals surface area contributed by atoms with E-state index >= 15 is 0 Å². The molecular formula is C13H16ClNO4. The monoisotopic (exact) mass is 285 g/mol. The Labute approximate surface area is 116 Å². The highest BCUT2D eigenvalue weighted by Gasteiger charge is 2.28. The van der Waals surface area contributed by atoms with Crippen LogP contribution in [-0.4, -0.2) is 30.8 Å². The molecule has 0 amide bonds. The maximum atomic E-state index is 11.3. The number of carbonyl (C=O) groups is 1. The van der Waals surface area contributed by atoms with Gasteiger partial charge in [0.25, 0.3) is 0 Å². The summed E-state index contributed by atoms with van der Waals surface area (Å²) in [5.41, 5.74) is 6.97. The van der Waals surface area contributed by atoms with Crippen LogP contribution in [0.25, 0.3) is 0 Å². The Morgan fingerprint density at radius 2 is 2.11 bits per heavy atom. The minimum Gasteiger partial charge on any atom is -0.486 e. The van der Waals surface area contributed by atoms with Crippen LogP contribution in [0.3, 0.4) is 0 Å². The Kier molecular flexibility index (Phi) is 4.17. The second-order valence-electron chi connectivity index (χ2n) is 4.26. The zero-order valence-corrected chi connectivity index (χ0v) is 11.4. The number of rotatable bonds is 4. The lowest BCUT2D eigenvalue weighted by atomic mass is 9.91. The summed E-state index contributed by atoms with van der Waals surface area (Å²) < 4.78 is 11.1. The van der Waals surface area contributed by atoms with Gasteiger partial charge in [-0.2, -0.15) is 0 Å². The maximum absolute atomic E-state index is 11.3. The van der Waals surface area contributed by atoms with Gasteiger partial charge in [-0.15, -0.1) is 0 Å². The summed E-state index contributed by atoms with van der Waals surface area (Å²) >= 11 is 6.14. The van der Waals surface area contributed by atoms with Crippen LogP contribution in [-0.2, 0) is 11.2 Å². The Morgan fingerprint density at radius 1 is 1.47 bits per heavy atom. The lowest BCUT2D eigenvalue weighted by Gasteiger charge is -2.25. The third-order valence-electron chi connectivity index (χ3n) is 3.17. The molecule has 0 aromatic heterocycles. The molecule has 3 N–H and O–H groups in total. The van der Waals surface area contributed by atoms with Crippen molar-refractivity contribution in [1.29, 1.82) is 0 Å². The summed E-state index contributed by atoms with van der Waals surface area (Å²) in [5.74, 6) is -0.709. The van der Waals surface area contributed by atoms with Crippen molar-refractivity contribution in [3.63, 3.8) is 0 Å². The number of ether oxygens (including phenoxy) is 2. The lowest BCUT2D eigenvalue weighted by Crippen LogP contribution is -2.24. The minimum absolute atomic E-state index is 0.0122. The highest BCUT2D eigenvalue weighted by molar-refractivity contribution is 6.32. The second-order valence-corrected chi connectivity index (χ2v) is 4.67. The molecule has 0 fully saturated rings. The number of nitrogens with two attached hydrogens (primary N) is 1. The minimum atomic E-state index is -0.968. The highest BCUT2D eigenvalue weighted by Crippen LogP contribution is 2.44. The summed E-state index contributed by atoms with van der Waals surface area (Å²) in [6.45, 7) is 2.81. The molecule has 0 saturated carbocycles. The Morgan fingerprint density at radius 3 is 2.63 bits per heavy atom. The summed E-state index contributed by atoms with van der Waals surface area (Å²) in [4.78, 5) is 11.3. The summed E-state index contributed by atoms with van der Waals surface area (Å²) in [5, 5.41) is 9.61. The molecule has 0 saturated heterocycles. The Hall–Kier alpha value is -1.46. The van der Waals surface area contributed by atoms with Crippen LogP contribution in [0.1, 0.15) is 24.0 Å². The number of fused-ring (bicyclic) bond motifs is 1. The van der Waals surface area contributed by atoms with E-state index in [-0.39, 0.29) is 6.54 Å². The number of carboxylic acid groups (broad SMARTS) is 1. The SMILES string of the molecule is CCc1c(C(CN)C(=O)O)cc(Cl)c2c1OCCO2. The van der Waals surface area contributed by atoms with Crippen LogP contribution in [0.2, 0.25) is 5.02 Å². The first-order valence-electron chi connectivity index (χ1n) is 6.13. The van der Waals surface area contributed by atoms with E-state index in [0.29, 0.717) is 41.7 Å². The standard InChI is InChI=1S/C13H16ClNO4/c1-2-7-8(9(6-15)13(16)17)5-10(14)12-11(7)18-3-4-19-12/h5,9H,2-4,6,15H2,1H3,(H,16,17). The van der Waals surface area contributed by atoms with Gasteiger partial charge in [-0.3, -0.25) is 4.79 Å². The average Bonchev–Trinajstić information content (AvgIpc) is 2.39. The van der Waals surface area contributed by atoms with Gasteiger partial charge in [0.15, 0.2) is 11.5 Å². The molecule has 6 heteroatoms. The number of aliphatic carboxylic acids is 1. The molecule has 1 unspecified atom stereocenters. The van der Waals surface area contributed by atoms with Gasteiger partial charge in [0.05, 0.1) is 10.9 Å². The van der Waals surface area contributed by atoms with E-state index in [1.165, 1.54) is 0 Å². The number of hydrogen-bond acceptors (Lipinski definition) is 4. The molecule has 0 radical (unpaired) electrons. The van der Waals surface area contributed by atoms with Crippen LogP contribution in [0, 0.1) is 0 Å². The zero-order chi connectivity index (χ0) is 14.0. The first kappa shape index (κ1) is 14.0. The Bertz CT molecular complexity index is 504. The molecule has 1 aliphatic rings. The van der Waals surface area contributed by atoms with Crippen LogP contribution >= 0.6 is 11.6 Å². The van der Waals surface area contributed by atoms with Crippen LogP contribution in [0.5, 0.6) is 11.5 Å². The maximum Gasteiger partial charge on any atom is 0.312 e. The molecule has 19 heavy (non-hydrogen) atoms. The van der Waals surface area contributed by atoms with E-state index in [0.717, 1.165) is 5.56 Å². The molecule has 1 aromatic carbocycles. The molecule has 2 rings (SSSR count). The normalized spacial score (nSPS) is 15.1. The number of benzene rings is 1. The number of halogens is 1. The van der Waals surface area contributed by atoms with Crippen molar-refractivity contribution in [2.75, 3.05) is 19.8 Å². The van der Waals surface area contributed by atoms with Crippen molar-refractivity contribution in [1.82, 2.24) is 0 Å². The topological polar surface area (TPSA) is 81.8 Å². The molecule has 1 atom stereocenters. The number of hydrogen-bond donors (Lipinski definition) is 2. The van der Waals surface area contributed by atoms with Crippen molar-refractivity contribution in [2.45, 2.75) is 19.3 Å². The van der Waals surface area contributed by atoms with Gasteiger partial charge in [-0.1, -0.05) is 18.5 Å². The number of carboxylic acids is 1. The largest absolute Gasteiger partial charge is 0.486 e. The van der Waals surface area contributed by atoms with Crippen molar-refractivity contribution in [3.8, 4) is 11.5 Å². The summed E-state index contributed by atoms with van der Waals surface area (Å²) in [6.07, 6.45) is 0.627. The smallest absolute Gasteiger partial charge is 0.312 e. The van der Waals surface area contributed by atoms with Crippen LogP contribution < -0.4 is 15.2 Å². The van der Waals surface area contributed by atoms with E-state index in [9.17, 15) is 9.90 Å². The molecule has 5 nitrogen and oxygen atoms in total. The van der Waals surface area contributed by atoms with Crippen LogP contribution in [0.15, 0.2) is 6.07 Å². The molecule has 1 heterocycles. The van der Waals surface area contributed by atoms with Gasteiger partial charge >= 0.3 is 5.97 Å². The molecule has 104 valence electrons. The quantitative estimate of drug-likeness (QED) is 0.881. The third kappa shape index (κ3) is 2.48. The second kappa shape index (κ2) is 5.67. The van der Waals surface area contributed by atoms with Crippen molar-refractivity contribution in [3.05, 3.63) is 22.2 Å². The molecule has 0 spiro atoms. The first-order chi connectivity index (χ1) is 9.10. The summed E-state index contributed by atoms with van der Waals surface area (Å²) in [6, 6.07) is 1.62. The van der Waals surface area contributed by atoms with E-state index in [1.807, 2.05) is 6.92 Å². The zero-order valence-electron chi connectivity index (χ0n) is 10.6. The lowest BCUT2D eigenvalue weighted by molar-refractivity contribution is -0.138. The van der Waals surface area contributed by atoms with Gasteiger partial charge in [0.1, 0.15) is 13.2 Å². The highest BCUT2D eigenvalue weighted by atomic mass is 35.5. The molecular weight excluding hydrogens is 270 g/mol. The average molecular weight is 286 g/mol. The van der Waals surface area contributed by atoms with E-state index < -0.39 is 11.9 Å². The van der Waals surface area contributed by atoms with Crippen molar-refractivity contribution in [2.24, 2.45) is 5.73 Å². The van der Waals surface area contributed by atoms with Crippen molar-refractivity contribution >= 4 is 17.6 Å². The molecule has 1 aliphatic heterocycles. The van der Waals surface area contributed by atoms with E-state index in [2.05, 4.69) is 0 Å². The van der Waals surface area contributed by atoms with Gasteiger partial charge < -0.3 is 20.3 Å². The van der Waals surface area contributed by atoms with E-state index in [1.54, 1.807) is 6.07 Å². The fraction of sp³-hybridized carbons (Fsp3) is 0.462. The predicted octanol–water partition coefficient (Wildman–Crippen LogP) is 1.80. The van der Waals surface area contributed by atoms with Gasteiger partial charge in [0.2, 0.25) is 0 Å². The molecule has 1 aromatic rings. The fourth-order valence-electron chi connectivity index (χ4n) is 2.28. The van der Waals surface area contributed by atoms with Gasteiger partial charge in [0, 0.05) is 12.1 Å². The van der Waals surface area contributed by atoms with Gasteiger partial charge in [-0.05, 0) is 18.1 Å². The van der Waals surface area contributed by atoms with Crippen LogP contribution in [0.4, 0.5) is 0 Å². The fourth-order valence-corrected chi connectivity index (χ4v) is 2.53. The van der Waals surface area contributed by atoms with E-state index in [4.69, 9.17) is 26.8 Å². The van der Waals surface area contributed by atoms with Crippen molar-refractivity contribution < 1.29 is 19.4 Å². The predicted molar refractivity (Wildman–Crippen MR) is 71.3 cm³/mol. The Balaban J connectivity index is 2.61. The molecule has 0 bridgehead atoms. The summed E-state index contributed by atoms with van der Waals surface area (Å²) in [7, 11) is 0. The van der Waals surface area contributed by atoms with Gasteiger partial charge in [-0.25, -0.2) is 0 Å². The first-order valence-corrected chi connectivity index (χ1v) is 6.51. The third-order valence-corrected chi connectivity index (χ3v) is 3.45.